The molecule has 0 saturated carbocycles. The van der Waals surface area contributed by atoms with Gasteiger partial charge in [0, 0.05) is 0 Å². The van der Waals surface area contributed by atoms with E-state index >= 15 is 0 Å². The third-order valence-electron chi connectivity index (χ3n) is 1.23. The van der Waals surface area contributed by atoms with Gasteiger partial charge in [0.2, 0.25) is 0 Å². The Morgan fingerprint density at radius 1 is 1.20 bits per heavy atom. The van der Waals surface area contributed by atoms with Crippen LogP contribution in [0.15, 0.2) is 30.3 Å². The predicted molar refractivity (Wildman–Crippen MR) is 39.8 cm³/mol. The van der Waals surface area contributed by atoms with Gasteiger partial charge in [-0.15, -0.1) is 12.1 Å². The van der Waals surface area contributed by atoms with Crippen molar-refractivity contribution in [2.24, 2.45) is 0 Å². The van der Waals surface area contributed by atoms with Crippen LogP contribution in [0.1, 0.15) is 12.5 Å². The fraction of sp³-hybridized carbons (Fsp3) is 0.111. The van der Waals surface area contributed by atoms with Crippen molar-refractivity contribution in [3.05, 3.63) is 42.5 Å². The van der Waals surface area contributed by atoms with Crippen molar-refractivity contribution in [3.63, 3.8) is 0 Å². The summed E-state index contributed by atoms with van der Waals surface area (Å²) in [5.74, 6) is 0. The van der Waals surface area contributed by atoms with Crippen molar-refractivity contribution in [1.82, 2.24) is 0 Å². The van der Waals surface area contributed by atoms with Gasteiger partial charge >= 0.3 is 51.4 Å². The molecule has 1 heteroatoms. The first-order valence-electron chi connectivity index (χ1n) is 2.95. The van der Waals surface area contributed by atoms with Crippen LogP contribution in [-0.2, 0) is 0 Å². The molecule has 0 heterocycles. The third kappa shape index (κ3) is 3.13. The Hall–Kier alpha value is 0.596. The zero-order valence-electron chi connectivity index (χ0n) is 6.46. The molecule has 0 aliphatic rings. The van der Waals surface area contributed by atoms with Gasteiger partial charge in [0.1, 0.15) is 0 Å². The number of hydrogen-bond acceptors (Lipinski definition) is 0. The normalized spacial score (nSPS) is 8.10. The van der Waals surface area contributed by atoms with Crippen molar-refractivity contribution in [2.45, 2.75) is 6.92 Å². The molecule has 0 spiro atoms. The van der Waals surface area contributed by atoms with Crippen molar-refractivity contribution in [3.8, 4) is 0 Å². The number of hydrogen-bond donors (Lipinski definition) is 0. The molecule has 0 N–H and O–H groups in total. The second kappa shape index (κ2) is 5.27. The number of rotatable bonds is 1. The van der Waals surface area contributed by atoms with Crippen molar-refractivity contribution < 1.29 is 51.4 Å². The largest absolute Gasteiger partial charge is 1.00 e. The average Bonchev–Trinajstić information content (AvgIpc) is 1.90. The maximum Gasteiger partial charge on any atom is 1.00 e. The van der Waals surface area contributed by atoms with Gasteiger partial charge < -0.3 is 0 Å². The minimum absolute atomic E-state index is 0. The molecule has 0 aliphatic carbocycles. The molecule has 0 aromatic heterocycles. The first-order chi connectivity index (χ1) is 4.30. The molecule has 0 unspecified atom stereocenters. The summed E-state index contributed by atoms with van der Waals surface area (Å²) in [6.07, 6.45) is 0. The standard InChI is InChI=1S/C9H9.K/c1-8(2)9-6-4-3-5-7-9;/h1,3-7H,2H3;/q-1;+1. The minimum Gasteiger partial charge on any atom is -0.289 e. The van der Waals surface area contributed by atoms with E-state index in [4.69, 9.17) is 6.58 Å². The predicted octanol–water partition coefficient (Wildman–Crippen LogP) is -0.473. The molecular formula is C9H9K. The monoisotopic (exact) mass is 156 g/mol. The van der Waals surface area contributed by atoms with Crippen molar-refractivity contribution >= 4 is 5.57 Å². The van der Waals surface area contributed by atoms with Gasteiger partial charge in [0.25, 0.3) is 0 Å². The van der Waals surface area contributed by atoms with E-state index in [1.165, 1.54) is 0 Å². The van der Waals surface area contributed by atoms with E-state index in [-0.39, 0.29) is 51.4 Å². The van der Waals surface area contributed by atoms with Crippen LogP contribution in [0.3, 0.4) is 0 Å². The van der Waals surface area contributed by atoms with Gasteiger partial charge in [0.15, 0.2) is 0 Å². The smallest absolute Gasteiger partial charge is 0.289 e. The topological polar surface area (TPSA) is 0 Å². The molecule has 0 fully saturated rings. The molecule has 46 valence electrons. The van der Waals surface area contributed by atoms with Crippen molar-refractivity contribution in [1.29, 1.82) is 0 Å². The SMILES string of the molecule is [CH-]=C(C)c1ccccc1.[K+]. The van der Waals surface area contributed by atoms with Crippen LogP contribution < -0.4 is 51.4 Å². The second-order valence-corrected chi connectivity index (χ2v) is 2.05. The van der Waals surface area contributed by atoms with Gasteiger partial charge in [-0.25, -0.2) is 5.57 Å². The molecule has 0 bridgehead atoms. The zero-order chi connectivity index (χ0) is 6.69. The molecule has 0 nitrogen and oxygen atoms in total. The van der Waals surface area contributed by atoms with Crippen LogP contribution in [0.5, 0.6) is 0 Å². The molecule has 10 heavy (non-hydrogen) atoms. The summed E-state index contributed by atoms with van der Waals surface area (Å²) < 4.78 is 0. The van der Waals surface area contributed by atoms with Gasteiger partial charge in [-0.1, -0.05) is 25.1 Å². The second-order valence-electron chi connectivity index (χ2n) is 2.05. The van der Waals surface area contributed by atoms with E-state index < -0.39 is 0 Å². The summed E-state index contributed by atoms with van der Waals surface area (Å²) >= 11 is 0. The molecule has 0 radical (unpaired) electrons. The molecule has 1 aromatic carbocycles. The Labute approximate surface area is 105 Å². The Bertz CT molecular complexity index is 201. The molecule has 1 rings (SSSR count). The summed E-state index contributed by atoms with van der Waals surface area (Å²) in [5.41, 5.74) is 1.98. The van der Waals surface area contributed by atoms with E-state index in [0.29, 0.717) is 0 Å². The van der Waals surface area contributed by atoms with Crippen LogP contribution in [-0.4, -0.2) is 0 Å². The summed E-state index contributed by atoms with van der Waals surface area (Å²) in [5, 5.41) is 0. The Balaban J connectivity index is 0.000000810. The summed E-state index contributed by atoms with van der Waals surface area (Å²) in [4.78, 5) is 0. The van der Waals surface area contributed by atoms with E-state index in [2.05, 4.69) is 0 Å². The first kappa shape index (κ1) is 10.6. The van der Waals surface area contributed by atoms with Gasteiger partial charge in [-0.05, 0) is 0 Å². The molecule has 0 saturated heterocycles. The minimum atomic E-state index is 0. The van der Waals surface area contributed by atoms with E-state index in [1.807, 2.05) is 37.3 Å². The Morgan fingerprint density at radius 2 is 1.70 bits per heavy atom. The average molecular weight is 156 g/mol. The molecule has 0 atom stereocenters. The Kier molecular flexibility index (Phi) is 5.59. The third-order valence-corrected chi connectivity index (χ3v) is 1.23. The summed E-state index contributed by atoms with van der Waals surface area (Å²) in [6, 6.07) is 9.93. The maximum atomic E-state index is 5.53. The van der Waals surface area contributed by atoms with Crippen LogP contribution in [0, 0.1) is 6.58 Å². The van der Waals surface area contributed by atoms with Gasteiger partial charge in [-0.2, -0.15) is 5.56 Å². The van der Waals surface area contributed by atoms with E-state index in [9.17, 15) is 0 Å². The quantitative estimate of drug-likeness (QED) is 0.381. The number of allylic oxidation sites excluding steroid dienone is 1. The van der Waals surface area contributed by atoms with Crippen LogP contribution in [0.2, 0.25) is 0 Å². The first-order valence-corrected chi connectivity index (χ1v) is 2.95. The fourth-order valence-electron chi connectivity index (χ4n) is 0.701. The molecule has 0 amide bonds. The zero-order valence-corrected chi connectivity index (χ0v) is 9.59. The summed E-state index contributed by atoms with van der Waals surface area (Å²) in [7, 11) is 0. The van der Waals surface area contributed by atoms with Crippen molar-refractivity contribution in [2.75, 3.05) is 0 Å². The van der Waals surface area contributed by atoms with Crippen LogP contribution in [0.4, 0.5) is 0 Å². The number of benzene rings is 1. The summed E-state index contributed by atoms with van der Waals surface area (Å²) in [6.45, 7) is 7.43. The maximum absolute atomic E-state index is 5.53. The van der Waals surface area contributed by atoms with E-state index in [0.717, 1.165) is 11.1 Å². The van der Waals surface area contributed by atoms with Crippen LogP contribution in [0.25, 0.3) is 5.57 Å². The van der Waals surface area contributed by atoms with Gasteiger partial charge in [-0.3, -0.25) is 6.58 Å². The molecular weight excluding hydrogens is 147 g/mol. The molecule has 0 aliphatic heterocycles. The van der Waals surface area contributed by atoms with E-state index in [1.54, 1.807) is 0 Å². The fourth-order valence-corrected chi connectivity index (χ4v) is 0.701. The Morgan fingerprint density at radius 3 is 2.00 bits per heavy atom. The van der Waals surface area contributed by atoms with Crippen LogP contribution >= 0.6 is 0 Å². The molecule has 1 aromatic rings. The van der Waals surface area contributed by atoms with Gasteiger partial charge in [0.05, 0.1) is 0 Å².